The topological polar surface area (TPSA) is 102 Å². The molecule has 0 saturated carbocycles. The second-order valence-electron chi connectivity index (χ2n) is 3.96. The number of benzene rings is 1. The third kappa shape index (κ3) is 6.42. The predicted octanol–water partition coefficient (Wildman–Crippen LogP) is 0.652. The molecular formula is C13H18N2O4. The molecule has 2 amide bonds. The number of hydrogen-bond donors (Lipinski definition) is 3. The fourth-order valence-corrected chi connectivity index (χ4v) is 1.37. The van der Waals surface area contributed by atoms with Crippen LogP contribution in [0.3, 0.4) is 0 Å². The van der Waals surface area contributed by atoms with E-state index >= 15 is 0 Å². The molecule has 0 bridgehead atoms. The van der Waals surface area contributed by atoms with E-state index in [-0.39, 0.29) is 32.0 Å². The van der Waals surface area contributed by atoms with E-state index in [0.29, 0.717) is 17.9 Å². The van der Waals surface area contributed by atoms with Gasteiger partial charge < -0.3 is 20.9 Å². The summed E-state index contributed by atoms with van der Waals surface area (Å²) in [5.74, 6) is 0.0545. The normalized spacial score (nSPS) is 9.95. The van der Waals surface area contributed by atoms with Crippen LogP contribution in [0.25, 0.3) is 0 Å². The summed E-state index contributed by atoms with van der Waals surface area (Å²) in [7, 11) is 0. The first-order chi connectivity index (χ1) is 9.11. The average molecular weight is 266 g/mol. The lowest BCUT2D eigenvalue weighted by atomic mass is 10.2. The molecule has 104 valence electrons. The number of ether oxygens (including phenoxy) is 1. The first-order valence-electron chi connectivity index (χ1n) is 6.03. The smallest absolute Gasteiger partial charge is 0.224 e. The Balaban J connectivity index is 2.38. The van der Waals surface area contributed by atoms with Crippen LogP contribution in [0, 0.1) is 0 Å². The maximum Gasteiger partial charge on any atom is 0.224 e. The van der Waals surface area contributed by atoms with Gasteiger partial charge in [0.2, 0.25) is 11.8 Å². The van der Waals surface area contributed by atoms with Gasteiger partial charge in [0.15, 0.2) is 0 Å². The van der Waals surface area contributed by atoms with Gasteiger partial charge in [-0.3, -0.25) is 9.59 Å². The number of carbonyl (C=O) groups excluding carboxylic acids is 2. The average Bonchev–Trinajstić information content (AvgIpc) is 2.38. The van der Waals surface area contributed by atoms with Crippen molar-refractivity contribution in [3.05, 3.63) is 24.3 Å². The molecule has 1 rings (SSSR count). The van der Waals surface area contributed by atoms with Crippen molar-refractivity contribution >= 4 is 17.5 Å². The van der Waals surface area contributed by atoms with Crippen LogP contribution in [0.1, 0.15) is 19.3 Å². The van der Waals surface area contributed by atoms with E-state index in [0.717, 1.165) is 0 Å². The number of primary amides is 1. The lowest BCUT2D eigenvalue weighted by Gasteiger charge is -2.07. The van der Waals surface area contributed by atoms with E-state index in [1.807, 2.05) is 0 Å². The summed E-state index contributed by atoms with van der Waals surface area (Å²) in [6.07, 6.45) is 0.896. The Labute approximate surface area is 111 Å². The van der Waals surface area contributed by atoms with E-state index in [1.54, 1.807) is 24.3 Å². The van der Waals surface area contributed by atoms with Gasteiger partial charge in [-0.05, 0) is 30.7 Å². The number of nitrogens with two attached hydrogens (primary N) is 1. The summed E-state index contributed by atoms with van der Waals surface area (Å²) in [6.45, 7) is 0.234. The van der Waals surface area contributed by atoms with Crippen LogP contribution in [0.15, 0.2) is 24.3 Å². The van der Waals surface area contributed by atoms with Gasteiger partial charge in [-0.1, -0.05) is 0 Å². The summed E-state index contributed by atoms with van der Waals surface area (Å²) in [4.78, 5) is 21.9. The molecule has 0 heterocycles. The number of aliphatic hydroxyl groups excluding tert-OH is 1. The monoisotopic (exact) mass is 266 g/mol. The molecule has 4 N–H and O–H groups in total. The summed E-state index contributed by atoms with van der Waals surface area (Å²) < 4.78 is 5.30. The molecule has 0 aliphatic rings. The number of aliphatic hydroxyl groups is 1. The van der Waals surface area contributed by atoms with Crippen molar-refractivity contribution in [2.75, 3.05) is 18.5 Å². The van der Waals surface area contributed by atoms with E-state index in [1.165, 1.54) is 0 Å². The second-order valence-corrected chi connectivity index (χ2v) is 3.96. The lowest BCUT2D eigenvalue weighted by molar-refractivity contribution is -0.118. The van der Waals surface area contributed by atoms with Crippen molar-refractivity contribution < 1.29 is 19.4 Å². The highest BCUT2D eigenvalue weighted by Gasteiger charge is 2.02. The van der Waals surface area contributed by atoms with Gasteiger partial charge >= 0.3 is 0 Å². The summed E-state index contributed by atoms with van der Waals surface area (Å²) in [5.41, 5.74) is 5.65. The van der Waals surface area contributed by atoms with Crippen LogP contribution < -0.4 is 15.8 Å². The van der Waals surface area contributed by atoms with Crippen LogP contribution in [0.2, 0.25) is 0 Å². The van der Waals surface area contributed by atoms with Crippen LogP contribution >= 0.6 is 0 Å². The molecule has 6 nitrogen and oxygen atoms in total. The van der Waals surface area contributed by atoms with Crippen LogP contribution in [0.5, 0.6) is 5.75 Å². The standard InChI is InChI=1S/C13H18N2O4/c14-12(17)7-9-19-11-5-3-10(4-6-11)15-13(18)2-1-8-16/h3-6,16H,1-2,7-9H2,(H2,14,17)(H,15,18). The van der Waals surface area contributed by atoms with Gasteiger partial charge in [-0.2, -0.15) is 0 Å². The summed E-state index contributed by atoms with van der Waals surface area (Å²) in [5, 5.41) is 11.3. The number of carbonyl (C=O) groups is 2. The van der Waals surface area contributed by atoms with Crippen LogP contribution in [0.4, 0.5) is 5.69 Å². The van der Waals surface area contributed by atoms with Gasteiger partial charge in [0.1, 0.15) is 5.75 Å². The highest BCUT2D eigenvalue weighted by Crippen LogP contribution is 2.16. The van der Waals surface area contributed by atoms with Crippen molar-refractivity contribution in [1.29, 1.82) is 0 Å². The third-order valence-corrected chi connectivity index (χ3v) is 2.32. The van der Waals surface area contributed by atoms with Gasteiger partial charge in [0.25, 0.3) is 0 Å². The Bertz CT molecular complexity index is 417. The Morgan fingerprint density at radius 1 is 1.21 bits per heavy atom. The van der Waals surface area contributed by atoms with E-state index in [4.69, 9.17) is 15.6 Å². The Morgan fingerprint density at radius 3 is 2.47 bits per heavy atom. The number of rotatable bonds is 8. The zero-order valence-electron chi connectivity index (χ0n) is 10.6. The number of nitrogens with one attached hydrogen (secondary N) is 1. The summed E-state index contributed by atoms with van der Waals surface area (Å²) in [6, 6.07) is 6.80. The fourth-order valence-electron chi connectivity index (χ4n) is 1.37. The van der Waals surface area contributed by atoms with Crippen LogP contribution in [-0.4, -0.2) is 30.1 Å². The maximum absolute atomic E-state index is 11.4. The molecule has 0 spiro atoms. The molecule has 1 aromatic rings. The maximum atomic E-state index is 11.4. The molecule has 0 saturated heterocycles. The second kappa shape index (κ2) is 8.10. The molecule has 0 fully saturated rings. The largest absolute Gasteiger partial charge is 0.493 e. The summed E-state index contributed by atoms with van der Waals surface area (Å²) >= 11 is 0. The minimum atomic E-state index is -0.409. The molecule has 1 aromatic carbocycles. The SMILES string of the molecule is NC(=O)CCOc1ccc(NC(=O)CCCO)cc1. The minimum Gasteiger partial charge on any atom is -0.493 e. The van der Waals surface area contributed by atoms with Crippen LogP contribution in [-0.2, 0) is 9.59 Å². The minimum absolute atomic E-state index is 0.0000604. The zero-order valence-corrected chi connectivity index (χ0v) is 10.6. The first kappa shape index (κ1) is 15.0. The quantitative estimate of drug-likeness (QED) is 0.643. The highest BCUT2D eigenvalue weighted by atomic mass is 16.5. The van der Waals surface area contributed by atoms with Crippen molar-refractivity contribution in [2.24, 2.45) is 5.73 Å². The Hall–Kier alpha value is -2.08. The number of amides is 2. The van der Waals surface area contributed by atoms with E-state index in [9.17, 15) is 9.59 Å². The van der Waals surface area contributed by atoms with Crippen molar-refractivity contribution in [3.63, 3.8) is 0 Å². The zero-order chi connectivity index (χ0) is 14.1. The predicted molar refractivity (Wildman–Crippen MR) is 70.7 cm³/mol. The van der Waals surface area contributed by atoms with E-state index < -0.39 is 5.91 Å². The van der Waals surface area contributed by atoms with Gasteiger partial charge in [0, 0.05) is 18.7 Å². The molecule has 0 aliphatic carbocycles. The highest BCUT2D eigenvalue weighted by molar-refractivity contribution is 5.90. The third-order valence-electron chi connectivity index (χ3n) is 2.32. The van der Waals surface area contributed by atoms with Crippen molar-refractivity contribution in [2.45, 2.75) is 19.3 Å². The number of anilines is 1. The molecule has 6 heteroatoms. The number of hydrogen-bond acceptors (Lipinski definition) is 4. The van der Waals surface area contributed by atoms with Crippen molar-refractivity contribution in [1.82, 2.24) is 0 Å². The Morgan fingerprint density at radius 2 is 1.89 bits per heavy atom. The molecule has 0 radical (unpaired) electrons. The molecule has 19 heavy (non-hydrogen) atoms. The van der Waals surface area contributed by atoms with Gasteiger partial charge in [-0.25, -0.2) is 0 Å². The lowest BCUT2D eigenvalue weighted by Crippen LogP contribution is -2.14. The van der Waals surface area contributed by atoms with Gasteiger partial charge in [-0.15, -0.1) is 0 Å². The molecule has 0 unspecified atom stereocenters. The fraction of sp³-hybridized carbons (Fsp3) is 0.385. The van der Waals surface area contributed by atoms with E-state index in [2.05, 4.69) is 5.32 Å². The molecule has 0 aromatic heterocycles. The van der Waals surface area contributed by atoms with Crippen molar-refractivity contribution in [3.8, 4) is 5.75 Å². The van der Waals surface area contributed by atoms with Gasteiger partial charge in [0.05, 0.1) is 13.0 Å². The molecule has 0 aliphatic heterocycles. The molecule has 0 atom stereocenters. The Kier molecular flexibility index (Phi) is 6.38. The molecular weight excluding hydrogens is 248 g/mol. The first-order valence-corrected chi connectivity index (χ1v) is 6.03.